The molecule has 8 heteroatoms. The van der Waals surface area contributed by atoms with Gasteiger partial charge in [0.25, 0.3) is 5.56 Å². The van der Waals surface area contributed by atoms with E-state index in [1.807, 2.05) is 86.0 Å². The molecule has 0 radical (unpaired) electrons. The third-order valence-corrected chi connectivity index (χ3v) is 8.93. The third-order valence-electron chi connectivity index (χ3n) is 7.21. The molecule has 0 saturated heterocycles. The number of allylic oxidation sites excluding steroid dienone is 1. The van der Waals surface area contributed by atoms with Gasteiger partial charge in [-0.1, -0.05) is 65.9 Å². The predicted octanol–water partition coefficient (Wildman–Crippen LogP) is 5.55. The van der Waals surface area contributed by atoms with Crippen molar-refractivity contribution in [1.29, 1.82) is 0 Å². The number of fused-ring (bicyclic) bond motifs is 1. The topological polar surface area (TPSA) is 63.9 Å². The maximum atomic E-state index is 13.9. The Labute approximate surface area is 248 Å². The fourth-order valence-corrected chi connectivity index (χ4v) is 6.46. The average Bonchev–Trinajstić information content (AvgIpc) is 3.31. The largest absolute Gasteiger partial charge is 0.457 e. The van der Waals surface area contributed by atoms with Crippen LogP contribution < -0.4 is 19.8 Å². The number of carbonyl (C=O) groups is 1. The first-order valence-electron chi connectivity index (χ1n) is 13.7. The molecule has 2 heterocycles. The summed E-state index contributed by atoms with van der Waals surface area (Å²) in [5, 5.41) is 0. The summed E-state index contributed by atoms with van der Waals surface area (Å²) in [6, 6.07) is 25.1. The van der Waals surface area contributed by atoms with Gasteiger partial charge >= 0.3 is 5.97 Å². The van der Waals surface area contributed by atoms with Crippen LogP contribution in [0.15, 0.2) is 105 Å². The van der Waals surface area contributed by atoms with Gasteiger partial charge in [0.1, 0.15) is 6.61 Å². The molecule has 1 unspecified atom stereocenters. The zero-order chi connectivity index (χ0) is 28.9. The number of anilines is 1. The number of thiazole rings is 1. The smallest absolute Gasteiger partial charge is 0.338 e. The second kappa shape index (κ2) is 12.7. The lowest BCUT2D eigenvalue weighted by Crippen LogP contribution is -2.39. The van der Waals surface area contributed by atoms with Crippen molar-refractivity contribution in [3.63, 3.8) is 0 Å². The summed E-state index contributed by atoms with van der Waals surface area (Å²) in [6.07, 6.45) is 3.92. The average molecular weight is 584 g/mol. The number of rotatable bonds is 9. The first kappa shape index (κ1) is 28.6. The van der Waals surface area contributed by atoms with E-state index in [2.05, 4.69) is 30.9 Å². The van der Waals surface area contributed by atoms with Crippen molar-refractivity contribution in [2.24, 2.45) is 4.99 Å². The second-order valence-corrected chi connectivity index (χ2v) is 11.6. The number of hydrogen-bond donors (Lipinski definition) is 0. The first-order valence-corrected chi connectivity index (χ1v) is 15.7. The summed E-state index contributed by atoms with van der Waals surface area (Å²) in [5.74, 6) is -0.477. The number of esters is 1. The van der Waals surface area contributed by atoms with Gasteiger partial charge in [0.05, 0.1) is 21.8 Å². The highest BCUT2D eigenvalue weighted by molar-refractivity contribution is 7.98. The van der Waals surface area contributed by atoms with E-state index in [9.17, 15) is 9.59 Å². The fourth-order valence-electron chi connectivity index (χ4n) is 5.01. The molecule has 0 amide bonds. The van der Waals surface area contributed by atoms with Gasteiger partial charge in [0, 0.05) is 23.7 Å². The minimum absolute atomic E-state index is 0.141. The molecular formula is C33H33N3O3S2. The van der Waals surface area contributed by atoms with Crippen molar-refractivity contribution >= 4 is 40.8 Å². The highest BCUT2D eigenvalue weighted by Gasteiger charge is 2.33. The van der Waals surface area contributed by atoms with Crippen molar-refractivity contribution in [2.45, 2.75) is 38.3 Å². The normalized spacial score (nSPS) is 14.9. The van der Waals surface area contributed by atoms with E-state index in [0.717, 1.165) is 40.4 Å². The molecule has 0 fully saturated rings. The summed E-state index contributed by atoms with van der Waals surface area (Å²) in [4.78, 5) is 36.2. The SMILES string of the molecule is CCN(CC)c1ccc(C=c2sc3n(c2=O)C(c2ccc(SC)cc2)C(C(=O)OCc2ccccc2)=C(C)N=3)cc1. The summed E-state index contributed by atoms with van der Waals surface area (Å²) >= 11 is 2.98. The number of aromatic nitrogens is 1. The number of hydrogen-bond acceptors (Lipinski definition) is 7. The number of nitrogens with zero attached hydrogens (tertiary/aromatic N) is 3. The van der Waals surface area contributed by atoms with Crippen LogP contribution in [0.3, 0.4) is 0 Å². The summed E-state index contributed by atoms with van der Waals surface area (Å²) in [5.41, 5.74) is 4.56. The van der Waals surface area contributed by atoms with Crippen LogP contribution in [0.5, 0.6) is 0 Å². The van der Waals surface area contributed by atoms with E-state index in [1.54, 1.807) is 16.3 Å². The second-order valence-electron chi connectivity index (χ2n) is 9.68. The predicted molar refractivity (Wildman–Crippen MR) is 168 cm³/mol. The standard InChI is InChI=1S/C33H33N3O3S2/c1-5-35(6-2)26-16-12-23(13-17-26)20-28-31(37)36-30(25-14-18-27(40-4)19-15-25)29(22(3)34-33(36)41-28)32(38)39-21-24-10-8-7-9-11-24/h7-20,30H,5-6,21H2,1-4H3. The van der Waals surface area contributed by atoms with E-state index in [-0.39, 0.29) is 12.2 Å². The molecule has 1 aliphatic heterocycles. The Morgan fingerprint density at radius 3 is 2.34 bits per heavy atom. The molecule has 6 nitrogen and oxygen atoms in total. The Morgan fingerprint density at radius 2 is 1.71 bits per heavy atom. The number of ether oxygens (including phenoxy) is 1. The van der Waals surface area contributed by atoms with Crippen molar-refractivity contribution in [2.75, 3.05) is 24.2 Å². The zero-order valence-electron chi connectivity index (χ0n) is 23.7. The van der Waals surface area contributed by atoms with Gasteiger partial charge in [-0.15, -0.1) is 11.8 Å². The van der Waals surface area contributed by atoms with E-state index < -0.39 is 12.0 Å². The van der Waals surface area contributed by atoms with Crippen molar-refractivity contribution in [3.8, 4) is 0 Å². The molecule has 1 aromatic heterocycles. The van der Waals surface area contributed by atoms with Crippen LogP contribution in [0.4, 0.5) is 5.69 Å². The molecular weight excluding hydrogens is 551 g/mol. The summed E-state index contributed by atoms with van der Waals surface area (Å²) in [6.45, 7) is 8.09. The lowest BCUT2D eigenvalue weighted by Gasteiger charge is -2.25. The van der Waals surface area contributed by atoms with Crippen LogP contribution in [-0.4, -0.2) is 29.9 Å². The molecule has 4 aromatic rings. The van der Waals surface area contributed by atoms with E-state index >= 15 is 0 Å². The van der Waals surface area contributed by atoms with Gasteiger partial charge in [0.2, 0.25) is 0 Å². The molecule has 210 valence electrons. The Balaban J connectivity index is 1.56. The lowest BCUT2D eigenvalue weighted by molar-refractivity contribution is -0.140. The maximum absolute atomic E-state index is 13.9. The Kier molecular flexibility index (Phi) is 8.90. The maximum Gasteiger partial charge on any atom is 0.338 e. The van der Waals surface area contributed by atoms with Crippen LogP contribution in [0.2, 0.25) is 0 Å². The number of thioether (sulfide) groups is 1. The van der Waals surface area contributed by atoms with Gasteiger partial charge in [0.15, 0.2) is 4.80 Å². The minimum Gasteiger partial charge on any atom is -0.457 e. The van der Waals surface area contributed by atoms with Crippen LogP contribution in [-0.2, 0) is 16.1 Å². The molecule has 0 N–H and O–H groups in total. The lowest BCUT2D eigenvalue weighted by atomic mass is 9.96. The van der Waals surface area contributed by atoms with Gasteiger partial charge in [-0.3, -0.25) is 9.36 Å². The minimum atomic E-state index is -0.641. The van der Waals surface area contributed by atoms with Crippen LogP contribution >= 0.6 is 23.1 Å². The Bertz CT molecular complexity index is 1730. The molecule has 3 aromatic carbocycles. The Hall–Kier alpha value is -3.88. The van der Waals surface area contributed by atoms with Crippen molar-refractivity contribution < 1.29 is 9.53 Å². The third kappa shape index (κ3) is 6.09. The number of benzene rings is 3. The molecule has 0 spiro atoms. The van der Waals surface area contributed by atoms with Crippen LogP contribution in [0, 0.1) is 0 Å². The monoisotopic (exact) mass is 583 g/mol. The first-order chi connectivity index (χ1) is 19.9. The molecule has 0 saturated carbocycles. The van der Waals surface area contributed by atoms with Crippen molar-refractivity contribution in [3.05, 3.63) is 127 Å². The van der Waals surface area contributed by atoms with Gasteiger partial charge < -0.3 is 9.64 Å². The zero-order valence-corrected chi connectivity index (χ0v) is 25.3. The molecule has 1 atom stereocenters. The molecule has 0 aliphatic carbocycles. The van der Waals surface area contributed by atoms with E-state index in [0.29, 0.717) is 20.6 Å². The van der Waals surface area contributed by atoms with Gasteiger partial charge in [-0.05, 0) is 74.1 Å². The van der Waals surface area contributed by atoms with Crippen molar-refractivity contribution in [1.82, 2.24) is 4.57 Å². The summed E-state index contributed by atoms with van der Waals surface area (Å²) in [7, 11) is 0. The Morgan fingerprint density at radius 1 is 1.02 bits per heavy atom. The highest BCUT2D eigenvalue weighted by atomic mass is 32.2. The number of carbonyl (C=O) groups excluding carboxylic acids is 1. The summed E-state index contributed by atoms with van der Waals surface area (Å²) < 4.78 is 7.96. The van der Waals surface area contributed by atoms with Gasteiger partial charge in [-0.25, -0.2) is 9.79 Å². The molecule has 1 aliphatic rings. The van der Waals surface area contributed by atoms with E-state index in [4.69, 9.17) is 9.73 Å². The van der Waals surface area contributed by atoms with Crippen LogP contribution in [0.1, 0.15) is 43.5 Å². The molecule has 41 heavy (non-hydrogen) atoms. The highest BCUT2D eigenvalue weighted by Crippen LogP contribution is 2.32. The fraction of sp³-hybridized carbons (Fsp3) is 0.242. The molecule has 5 rings (SSSR count). The van der Waals surface area contributed by atoms with E-state index in [1.165, 1.54) is 11.3 Å². The van der Waals surface area contributed by atoms with Crippen LogP contribution in [0.25, 0.3) is 6.08 Å². The quantitative estimate of drug-likeness (QED) is 0.191. The van der Waals surface area contributed by atoms with Gasteiger partial charge in [-0.2, -0.15) is 0 Å². The molecule has 0 bridgehead atoms.